The van der Waals surface area contributed by atoms with Crippen LogP contribution >= 0.6 is 11.3 Å². The summed E-state index contributed by atoms with van der Waals surface area (Å²) in [5.74, 6) is -0.997. The molecule has 0 aliphatic carbocycles. The minimum atomic E-state index is -1.15. The molecule has 1 aromatic heterocycles. The number of benzene rings is 1. The Balaban J connectivity index is 0.00000288. The number of carbonyl (C=O) groups is 1. The third-order valence-corrected chi connectivity index (χ3v) is 4.66. The van der Waals surface area contributed by atoms with Crippen molar-refractivity contribution in [2.45, 2.75) is 18.8 Å². The van der Waals surface area contributed by atoms with Crippen LogP contribution < -0.4 is 34.7 Å². The zero-order valence-electron chi connectivity index (χ0n) is 13.6. The van der Waals surface area contributed by atoms with E-state index in [1.54, 1.807) is 6.07 Å². The molecular weight excluding hydrogens is 335 g/mol. The SMILES string of the molecule is O=C([O-])c1ccc(/C=C/c2ccc(C(CCO)CCO)cc2)s1.[Na+]. The number of hydrogen-bond donors (Lipinski definition) is 2. The van der Waals surface area contributed by atoms with Gasteiger partial charge in [-0.1, -0.05) is 30.3 Å². The van der Waals surface area contributed by atoms with Crippen molar-refractivity contribution in [3.63, 3.8) is 0 Å². The smallest absolute Gasteiger partial charge is 0.544 e. The number of carboxylic acids is 1. The van der Waals surface area contributed by atoms with Crippen molar-refractivity contribution >= 4 is 29.5 Å². The van der Waals surface area contributed by atoms with Crippen LogP contribution in [0.4, 0.5) is 0 Å². The number of aliphatic hydroxyl groups excluding tert-OH is 2. The zero-order chi connectivity index (χ0) is 16.7. The van der Waals surface area contributed by atoms with E-state index in [-0.39, 0.29) is 53.6 Å². The molecule has 0 fully saturated rings. The van der Waals surface area contributed by atoms with E-state index in [9.17, 15) is 9.90 Å². The molecule has 0 saturated heterocycles. The molecule has 0 aliphatic rings. The van der Waals surface area contributed by atoms with E-state index in [0.29, 0.717) is 12.8 Å². The molecule has 2 rings (SSSR count). The Bertz CT molecular complexity index is 658. The molecule has 24 heavy (non-hydrogen) atoms. The van der Waals surface area contributed by atoms with Gasteiger partial charge in [0.2, 0.25) is 0 Å². The third-order valence-electron chi connectivity index (χ3n) is 3.63. The molecular formula is C18H19NaO4S. The van der Waals surface area contributed by atoms with Gasteiger partial charge in [-0.15, -0.1) is 11.3 Å². The quantitative estimate of drug-likeness (QED) is 0.604. The Morgan fingerprint density at radius 1 is 1.04 bits per heavy atom. The molecule has 0 spiro atoms. The van der Waals surface area contributed by atoms with Gasteiger partial charge >= 0.3 is 29.6 Å². The van der Waals surface area contributed by atoms with Gasteiger partial charge in [-0.05, 0) is 48.1 Å². The van der Waals surface area contributed by atoms with Crippen molar-refractivity contribution in [2.24, 2.45) is 0 Å². The Kier molecular flexibility index (Phi) is 9.51. The molecule has 0 unspecified atom stereocenters. The summed E-state index contributed by atoms with van der Waals surface area (Å²) in [6.45, 7) is 0.205. The maximum Gasteiger partial charge on any atom is 1.00 e. The fourth-order valence-electron chi connectivity index (χ4n) is 2.40. The summed E-state index contributed by atoms with van der Waals surface area (Å²) in [6.07, 6.45) is 5.06. The van der Waals surface area contributed by atoms with Crippen LogP contribution in [-0.2, 0) is 0 Å². The molecule has 0 bridgehead atoms. The van der Waals surface area contributed by atoms with Gasteiger partial charge in [-0.25, -0.2) is 0 Å². The van der Waals surface area contributed by atoms with Crippen LogP contribution in [0.1, 0.15) is 44.4 Å². The van der Waals surface area contributed by atoms with Gasteiger partial charge in [0.1, 0.15) is 0 Å². The summed E-state index contributed by atoms with van der Waals surface area (Å²) in [4.78, 5) is 11.8. The summed E-state index contributed by atoms with van der Waals surface area (Å²) >= 11 is 1.18. The maximum absolute atomic E-state index is 10.7. The van der Waals surface area contributed by atoms with Crippen LogP contribution in [0.15, 0.2) is 36.4 Å². The van der Waals surface area contributed by atoms with Crippen molar-refractivity contribution in [2.75, 3.05) is 13.2 Å². The molecule has 2 N–H and O–H groups in total. The summed E-state index contributed by atoms with van der Waals surface area (Å²) in [5.41, 5.74) is 2.10. The standard InChI is InChI=1S/C18H20O4S.Na/c19-11-9-15(10-12-20)14-4-1-13(2-5-14)3-6-16-7-8-17(23-16)18(21)22;/h1-8,15,19-20H,9-12H2,(H,21,22);/q;+1/p-1/b6-3+;. The molecule has 0 amide bonds. The number of thiophene rings is 1. The second-order valence-electron chi connectivity index (χ2n) is 5.21. The molecule has 122 valence electrons. The first-order valence-corrected chi connectivity index (χ1v) is 8.26. The third kappa shape index (κ3) is 6.16. The molecule has 0 radical (unpaired) electrons. The molecule has 1 heterocycles. The van der Waals surface area contributed by atoms with Gasteiger partial charge in [-0.2, -0.15) is 0 Å². The summed E-state index contributed by atoms with van der Waals surface area (Å²) in [5, 5.41) is 28.9. The molecule has 6 heteroatoms. The fraction of sp³-hybridized carbons (Fsp3) is 0.278. The van der Waals surface area contributed by atoms with Crippen LogP contribution in [0.2, 0.25) is 0 Å². The average Bonchev–Trinajstić information content (AvgIpc) is 3.02. The van der Waals surface area contributed by atoms with E-state index < -0.39 is 5.97 Å². The number of hydrogen-bond acceptors (Lipinski definition) is 5. The predicted octanol–water partition coefficient (Wildman–Crippen LogP) is -0.866. The van der Waals surface area contributed by atoms with Crippen molar-refractivity contribution in [3.8, 4) is 0 Å². The van der Waals surface area contributed by atoms with Crippen molar-refractivity contribution in [3.05, 3.63) is 57.3 Å². The number of aromatic carboxylic acids is 1. The molecule has 0 saturated carbocycles. The molecule has 4 nitrogen and oxygen atoms in total. The van der Waals surface area contributed by atoms with Gasteiger partial charge in [0, 0.05) is 18.1 Å². The summed E-state index contributed by atoms with van der Waals surface area (Å²) < 4.78 is 0. The number of aliphatic hydroxyl groups is 2. The van der Waals surface area contributed by atoms with E-state index in [0.717, 1.165) is 16.0 Å². The van der Waals surface area contributed by atoms with Crippen LogP contribution in [0.3, 0.4) is 0 Å². The van der Waals surface area contributed by atoms with Gasteiger partial charge in [-0.3, -0.25) is 0 Å². The second-order valence-corrected chi connectivity index (χ2v) is 6.33. The van der Waals surface area contributed by atoms with E-state index in [1.807, 2.05) is 36.4 Å². The monoisotopic (exact) mass is 354 g/mol. The van der Waals surface area contributed by atoms with E-state index in [2.05, 4.69) is 0 Å². The number of carbonyl (C=O) groups excluding carboxylic acids is 1. The first-order chi connectivity index (χ1) is 11.1. The number of carboxylic acid groups (broad SMARTS) is 1. The first kappa shape index (κ1) is 21.1. The Morgan fingerprint density at radius 3 is 2.17 bits per heavy atom. The van der Waals surface area contributed by atoms with Gasteiger partial charge < -0.3 is 20.1 Å². The predicted molar refractivity (Wildman–Crippen MR) is 90.2 cm³/mol. The molecule has 0 atom stereocenters. The Labute approximate surface area is 167 Å². The summed E-state index contributed by atoms with van der Waals surface area (Å²) in [6, 6.07) is 11.2. The fourth-order valence-corrected chi connectivity index (χ4v) is 3.14. The van der Waals surface area contributed by atoms with Crippen molar-refractivity contribution < 1.29 is 49.7 Å². The maximum atomic E-state index is 10.7. The van der Waals surface area contributed by atoms with Gasteiger partial charge in [0.15, 0.2) is 0 Å². The summed E-state index contributed by atoms with van der Waals surface area (Å²) in [7, 11) is 0. The van der Waals surface area contributed by atoms with Crippen LogP contribution in [0.25, 0.3) is 12.2 Å². The molecule has 0 aliphatic heterocycles. The number of rotatable bonds is 8. The van der Waals surface area contributed by atoms with Crippen molar-refractivity contribution in [1.82, 2.24) is 0 Å². The van der Waals surface area contributed by atoms with Crippen LogP contribution in [0.5, 0.6) is 0 Å². The van der Waals surface area contributed by atoms with Crippen LogP contribution in [-0.4, -0.2) is 29.4 Å². The van der Waals surface area contributed by atoms with Crippen LogP contribution in [0, 0.1) is 0 Å². The minimum absolute atomic E-state index is 0. The average molecular weight is 354 g/mol. The normalized spacial score (nSPS) is 11.0. The largest absolute Gasteiger partial charge is 1.00 e. The zero-order valence-corrected chi connectivity index (χ0v) is 16.5. The Morgan fingerprint density at radius 2 is 1.67 bits per heavy atom. The second kappa shape index (κ2) is 10.8. The van der Waals surface area contributed by atoms with Crippen molar-refractivity contribution in [1.29, 1.82) is 0 Å². The van der Waals surface area contributed by atoms with Gasteiger partial charge in [0.25, 0.3) is 0 Å². The van der Waals surface area contributed by atoms with E-state index in [1.165, 1.54) is 17.4 Å². The Hall–Kier alpha value is -0.950. The molecule has 2 aromatic rings. The topological polar surface area (TPSA) is 80.6 Å². The van der Waals surface area contributed by atoms with E-state index >= 15 is 0 Å². The van der Waals surface area contributed by atoms with Gasteiger partial charge in [0.05, 0.1) is 10.8 Å². The molecule has 1 aromatic carbocycles. The first-order valence-electron chi connectivity index (χ1n) is 7.45. The van der Waals surface area contributed by atoms with E-state index in [4.69, 9.17) is 10.2 Å². The minimum Gasteiger partial charge on any atom is -0.544 e.